The minimum Gasteiger partial charge on any atom is -0.456 e. The molecule has 0 N–H and O–H groups in total. The Bertz CT molecular complexity index is 4200. The molecule has 0 aliphatic rings. The number of benzene rings is 9. The summed E-state index contributed by atoms with van der Waals surface area (Å²) in [6.07, 6.45) is 0. The fraction of sp³-hybridized carbons (Fsp3) is 0. The molecule has 9 aromatic carbocycles. The molecule has 0 unspecified atom stereocenters. The van der Waals surface area contributed by atoms with Gasteiger partial charge in [0, 0.05) is 59.9 Å². The van der Waals surface area contributed by atoms with Crippen molar-refractivity contribution in [3.05, 3.63) is 200 Å². The molecule has 0 atom stereocenters. The summed E-state index contributed by atoms with van der Waals surface area (Å²) in [5, 5.41) is 8.59. The molecule has 0 amide bonds. The van der Waals surface area contributed by atoms with Gasteiger partial charge in [0.25, 0.3) is 0 Å². The van der Waals surface area contributed by atoms with Crippen molar-refractivity contribution in [1.29, 1.82) is 0 Å². The Balaban J connectivity index is 1.09. The lowest BCUT2D eigenvalue weighted by molar-refractivity contribution is 0.668. The van der Waals surface area contributed by atoms with Crippen LogP contribution in [-0.4, -0.2) is 24.1 Å². The van der Waals surface area contributed by atoms with E-state index in [1.54, 1.807) is 0 Å². The van der Waals surface area contributed by atoms with Crippen LogP contribution in [0.4, 0.5) is 0 Å². The number of fused-ring (bicyclic) bond motifs is 13. The monoisotopic (exact) mass is 819 g/mol. The maximum atomic E-state index is 6.48. The molecule has 64 heavy (non-hydrogen) atoms. The third-order valence-corrected chi connectivity index (χ3v) is 12.8. The zero-order valence-electron chi connectivity index (χ0n) is 34.1. The summed E-state index contributed by atoms with van der Waals surface area (Å²) < 4.78 is 17.5. The van der Waals surface area contributed by atoms with Crippen LogP contribution in [0, 0.1) is 0 Å². The van der Waals surface area contributed by atoms with E-state index in [2.05, 4.69) is 161 Å². The lowest BCUT2D eigenvalue weighted by atomic mass is 10.0. The van der Waals surface area contributed by atoms with Gasteiger partial charge in [-0.1, -0.05) is 146 Å². The van der Waals surface area contributed by atoms with Crippen molar-refractivity contribution < 1.29 is 8.83 Å². The first-order valence-corrected chi connectivity index (χ1v) is 21.4. The Kier molecular flexibility index (Phi) is 7.27. The third-order valence-electron chi connectivity index (χ3n) is 12.8. The van der Waals surface area contributed by atoms with Crippen LogP contribution >= 0.6 is 0 Å². The Morgan fingerprint density at radius 1 is 0.328 bits per heavy atom. The first-order chi connectivity index (χ1) is 31.7. The van der Waals surface area contributed by atoms with Gasteiger partial charge in [0.2, 0.25) is 5.95 Å². The second-order valence-corrected chi connectivity index (χ2v) is 16.3. The largest absolute Gasteiger partial charge is 0.456 e. The van der Waals surface area contributed by atoms with Crippen LogP contribution in [0.15, 0.2) is 209 Å². The summed E-state index contributed by atoms with van der Waals surface area (Å²) in [6.45, 7) is 0. The Morgan fingerprint density at radius 3 is 1.66 bits per heavy atom. The fourth-order valence-corrected chi connectivity index (χ4v) is 9.95. The van der Waals surface area contributed by atoms with E-state index in [0.717, 1.165) is 110 Å². The van der Waals surface area contributed by atoms with Gasteiger partial charge < -0.3 is 13.4 Å². The maximum Gasteiger partial charge on any atom is 0.238 e. The van der Waals surface area contributed by atoms with Gasteiger partial charge in [-0.25, -0.2) is 4.98 Å². The minimum absolute atomic E-state index is 0.522. The van der Waals surface area contributed by atoms with Gasteiger partial charge in [-0.05, 0) is 65.7 Å². The minimum atomic E-state index is 0.522. The predicted octanol–water partition coefficient (Wildman–Crippen LogP) is 14.9. The summed E-state index contributed by atoms with van der Waals surface area (Å²) in [5.41, 5.74) is 12.6. The highest BCUT2D eigenvalue weighted by Gasteiger charge is 2.25. The molecule has 14 rings (SSSR count). The van der Waals surface area contributed by atoms with E-state index >= 15 is 0 Å². The smallest absolute Gasteiger partial charge is 0.238 e. The molecule has 0 aliphatic heterocycles. The average Bonchev–Trinajstić information content (AvgIpc) is 4.12. The van der Waals surface area contributed by atoms with Crippen LogP contribution in [0.25, 0.3) is 133 Å². The lowest BCUT2D eigenvalue weighted by Crippen LogP contribution is -2.07. The molecule has 0 saturated carbocycles. The molecule has 7 heteroatoms. The zero-order chi connectivity index (χ0) is 41.9. The predicted molar refractivity (Wildman–Crippen MR) is 259 cm³/mol. The van der Waals surface area contributed by atoms with Gasteiger partial charge in [-0.15, -0.1) is 0 Å². The van der Waals surface area contributed by atoms with Crippen LogP contribution in [0.1, 0.15) is 0 Å². The van der Waals surface area contributed by atoms with Crippen molar-refractivity contribution >= 4 is 87.5 Å². The highest BCUT2D eigenvalue weighted by molar-refractivity contribution is 6.24. The molecule has 0 spiro atoms. The molecule has 0 bridgehead atoms. The van der Waals surface area contributed by atoms with Crippen LogP contribution in [0.2, 0.25) is 0 Å². The van der Waals surface area contributed by atoms with E-state index in [-0.39, 0.29) is 0 Å². The van der Waals surface area contributed by atoms with Gasteiger partial charge in [0.15, 0.2) is 11.6 Å². The number of para-hydroxylation sites is 3. The molecule has 0 saturated heterocycles. The Labute approximate surface area is 364 Å². The van der Waals surface area contributed by atoms with Crippen molar-refractivity contribution in [3.63, 3.8) is 0 Å². The van der Waals surface area contributed by atoms with E-state index < -0.39 is 0 Å². The van der Waals surface area contributed by atoms with Crippen LogP contribution in [0.3, 0.4) is 0 Å². The van der Waals surface area contributed by atoms with Crippen molar-refractivity contribution in [2.45, 2.75) is 0 Å². The molecular weight excluding hydrogens is 787 g/mol. The normalized spacial score (nSPS) is 12.1. The van der Waals surface area contributed by atoms with Gasteiger partial charge in [0.1, 0.15) is 22.3 Å². The molecule has 0 aliphatic carbocycles. The summed E-state index contributed by atoms with van der Waals surface area (Å²) >= 11 is 0. The third kappa shape index (κ3) is 5.06. The number of aromatic nitrogens is 5. The first-order valence-electron chi connectivity index (χ1n) is 21.4. The Morgan fingerprint density at radius 2 is 0.891 bits per heavy atom. The van der Waals surface area contributed by atoms with E-state index in [9.17, 15) is 0 Å². The van der Waals surface area contributed by atoms with Crippen LogP contribution in [-0.2, 0) is 0 Å². The molecule has 7 nitrogen and oxygen atoms in total. The number of hydrogen-bond acceptors (Lipinski definition) is 5. The van der Waals surface area contributed by atoms with Gasteiger partial charge in [-0.2, -0.15) is 9.97 Å². The molecule has 14 aromatic rings. The number of hydrogen-bond donors (Lipinski definition) is 0. The van der Waals surface area contributed by atoms with E-state index in [4.69, 9.17) is 23.8 Å². The number of nitrogens with zero attached hydrogens (tertiary/aromatic N) is 5. The van der Waals surface area contributed by atoms with Crippen LogP contribution < -0.4 is 0 Å². The standard InChI is InChI=1S/C57H33N5O2/c1-3-14-34(15-4-1)36-26-30-49-44(32-36)45-33-37(27-31-50(45)63-49)61-46-22-10-7-18-38(46)40-28-29-41-39-19-8-11-23-47(39)62(54(41)53(40)61)57-59-55(35-16-5-2-6-17-35)58-56(60-57)43-21-13-25-51-52(43)42-20-9-12-24-48(42)64-51/h1-33H. The number of furan rings is 2. The molecular formula is C57H33N5O2. The number of rotatable bonds is 5. The SMILES string of the molecule is c1ccc(-c2ccc3oc4ccc(-n5c6ccccc6c6ccc7c8ccccc8n(-c8nc(-c9ccccc9)nc(-c9cccc%10oc%11ccccc%11c9%10)n8)c7c65)cc4c3c2)cc1. The highest BCUT2D eigenvalue weighted by atomic mass is 16.3. The Hall–Kier alpha value is -8.81. The van der Waals surface area contributed by atoms with Gasteiger partial charge in [-0.3, -0.25) is 4.57 Å². The average molecular weight is 820 g/mol. The topological polar surface area (TPSA) is 74.8 Å². The molecule has 0 radical (unpaired) electrons. The summed E-state index contributed by atoms with van der Waals surface area (Å²) in [4.78, 5) is 16.0. The quantitative estimate of drug-likeness (QED) is 0.173. The second kappa shape index (κ2) is 13.3. The molecule has 5 heterocycles. The molecule has 0 fully saturated rings. The van der Waals surface area contributed by atoms with E-state index in [1.165, 1.54) is 5.56 Å². The maximum absolute atomic E-state index is 6.48. The summed E-state index contributed by atoms with van der Waals surface area (Å²) in [6, 6.07) is 69.7. The van der Waals surface area contributed by atoms with Crippen molar-refractivity contribution in [2.75, 3.05) is 0 Å². The summed E-state index contributed by atoms with van der Waals surface area (Å²) in [5.74, 6) is 1.66. The fourth-order valence-electron chi connectivity index (χ4n) is 9.95. The van der Waals surface area contributed by atoms with E-state index in [1.807, 2.05) is 48.5 Å². The van der Waals surface area contributed by atoms with E-state index in [0.29, 0.717) is 17.6 Å². The first kappa shape index (κ1) is 34.9. The van der Waals surface area contributed by atoms with Crippen molar-refractivity contribution in [3.8, 4) is 45.5 Å². The van der Waals surface area contributed by atoms with Crippen molar-refractivity contribution in [1.82, 2.24) is 24.1 Å². The summed E-state index contributed by atoms with van der Waals surface area (Å²) in [7, 11) is 0. The molecule has 298 valence electrons. The lowest BCUT2D eigenvalue weighted by Gasteiger charge is -2.13. The highest BCUT2D eigenvalue weighted by Crippen LogP contribution is 2.43. The van der Waals surface area contributed by atoms with Gasteiger partial charge >= 0.3 is 0 Å². The van der Waals surface area contributed by atoms with Crippen LogP contribution in [0.5, 0.6) is 0 Å². The van der Waals surface area contributed by atoms with Gasteiger partial charge in [0.05, 0.1) is 22.1 Å². The molecule has 5 aromatic heterocycles. The zero-order valence-corrected chi connectivity index (χ0v) is 34.1. The second-order valence-electron chi connectivity index (χ2n) is 16.3. The van der Waals surface area contributed by atoms with Crippen molar-refractivity contribution in [2.24, 2.45) is 0 Å².